The number of piperidine rings is 1. The molecule has 0 aliphatic carbocycles. The van der Waals surface area contributed by atoms with Gasteiger partial charge in [-0.15, -0.1) is 0 Å². The molecule has 0 saturated carbocycles. The van der Waals surface area contributed by atoms with Crippen molar-refractivity contribution < 1.29 is 32.3 Å². The van der Waals surface area contributed by atoms with Crippen molar-refractivity contribution in [3.63, 3.8) is 0 Å². The number of hydrogen-bond donors (Lipinski definition) is 2. The molecular weight excluding hydrogens is 752 g/mol. The van der Waals surface area contributed by atoms with E-state index in [0.29, 0.717) is 54.9 Å². The van der Waals surface area contributed by atoms with Crippen LogP contribution >= 0.6 is 0 Å². The molecule has 8 rings (SSSR count). The monoisotopic (exact) mass is 789 g/mol. The van der Waals surface area contributed by atoms with Crippen LogP contribution in [0.1, 0.15) is 73.5 Å². The fraction of sp³-hybridized carbons (Fsp3) is 0.286. The van der Waals surface area contributed by atoms with Gasteiger partial charge in [0.25, 0.3) is 11.8 Å². The molecule has 2 N–H and O–H groups in total. The van der Waals surface area contributed by atoms with Crippen LogP contribution in [-0.4, -0.2) is 86.0 Å². The first-order valence-corrected chi connectivity index (χ1v) is 18.8. The van der Waals surface area contributed by atoms with Crippen molar-refractivity contribution in [2.45, 2.75) is 51.5 Å². The molecule has 3 aromatic carbocycles. The second-order valence-corrected chi connectivity index (χ2v) is 14.6. The predicted molar refractivity (Wildman–Crippen MR) is 207 cm³/mol. The van der Waals surface area contributed by atoms with E-state index >= 15 is 0 Å². The third-order valence-electron chi connectivity index (χ3n) is 10.8. The van der Waals surface area contributed by atoms with Crippen molar-refractivity contribution >= 4 is 40.8 Å². The maximum absolute atomic E-state index is 14.5. The Kier molecular flexibility index (Phi) is 10.1. The van der Waals surface area contributed by atoms with E-state index in [4.69, 9.17) is 0 Å². The van der Waals surface area contributed by atoms with Crippen LogP contribution in [0.15, 0.2) is 79.1 Å². The Balaban J connectivity index is 0.900. The van der Waals surface area contributed by atoms with Crippen molar-refractivity contribution in [2.24, 2.45) is 0 Å². The maximum atomic E-state index is 14.5. The highest BCUT2D eigenvalue weighted by Crippen LogP contribution is 2.40. The van der Waals surface area contributed by atoms with Gasteiger partial charge in [-0.3, -0.25) is 24.6 Å². The summed E-state index contributed by atoms with van der Waals surface area (Å²) in [6.45, 7) is 3.54. The first kappa shape index (κ1) is 38.2. The number of nitrogens with one attached hydrogen (secondary N) is 2. The molecule has 5 amide bonds. The Hall–Kier alpha value is -6.73. The molecule has 13 nitrogen and oxygen atoms in total. The topological polar surface area (TPSA) is 135 Å². The van der Waals surface area contributed by atoms with Crippen molar-refractivity contribution in [1.29, 1.82) is 0 Å². The average molecular weight is 790 g/mol. The Morgan fingerprint density at radius 1 is 0.983 bits per heavy atom. The van der Waals surface area contributed by atoms with Gasteiger partial charge >= 0.3 is 12.2 Å². The molecule has 0 spiro atoms. The van der Waals surface area contributed by atoms with Crippen LogP contribution in [0, 0.1) is 18.8 Å². The lowest BCUT2D eigenvalue weighted by Crippen LogP contribution is -2.56. The molecule has 296 valence electrons. The minimum absolute atomic E-state index is 0.0224. The summed E-state index contributed by atoms with van der Waals surface area (Å²) in [5, 5.41) is 11.8. The number of anilines is 2. The van der Waals surface area contributed by atoms with E-state index in [1.54, 1.807) is 58.2 Å². The number of carbonyl (C=O) groups excluding carboxylic acids is 4. The minimum Gasteiger partial charge on any atom is -0.371 e. The summed E-state index contributed by atoms with van der Waals surface area (Å²) in [6.07, 6.45) is -0.0744. The summed E-state index contributed by atoms with van der Waals surface area (Å²) in [4.78, 5) is 58.5. The first-order valence-electron chi connectivity index (χ1n) is 18.8. The molecule has 5 aromatic rings. The number of urea groups is 1. The number of benzene rings is 3. The van der Waals surface area contributed by atoms with Gasteiger partial charge in [-0.2, -0.15) is 18.3 Å². The Morgan fingerprint density at radius 2 is 1.79 bits per heavy atom. The largest absolute Gasteiger partial charge is 0.418 e. The molecule has 58 heavy (non-hydrogen) atoms. The van der Waals surface area contributed by atoms with Gasteiger partial charge in [-0.05, 0) is 98.0 Å². The summed E-state index contributed by atoms with van der Waals surface area (Å²) in [5.74, 6) is 4.85. The maximum Gasteiger partial charge on any atom is 0.418 e. The SMILES string of the molecule is Cc1ccc(C(=O)Nc2ccc(N3CCC(N(C)Cc4ccc5c(c4)CN(N4CCC(=O)NC4=O)C5=O)CC3)c(C(F)(F)F)c2)cc1C#Cc1cnc2cccnn12. The fourth-order valence-electron chi connectivity index (χ4n) is 7.67. The summed E-state index contributed by atoms with van der Waals surface area (Å²) in [7, 11) is 1.97. The molecule has 3 aliphatic heterocycles. The van der Waals surface area contributed by atoms with Crippen LogP contribution in [0.4, 0.5) is 29.3 Å². The van der Waals surface area contributed by atoms with Gasteiger partial charge in [-0.25, -0.2) is 24.3 Å². The minimum atomic E-state index is -4.66. The number of carbonyl (C=O) groups is 4. The molecule has 0 unspecified atom stereocenters. The molecule has 16 heteroatoms. The molecule has 5 heterocycles. The van der Waals surface area contributed by atoms with E-state index < -0.39 is 23.7 Å². The van der Waals surface area contributed by atoms with Gasteiger partial charge in [0.1, 0.15) is 5.69 Å². The van der Waals surface area contributed by atoms with Crippen LogP contribution in [0.3, 0.4) is 0 Å². The number of hydrogen-bond acceptors (Lipinski definition) is 8. The van der Waals surface area contributed by atoms with Crippen LogP contribution < -0.4 is 15.5 Å². The fourth-order valence-corrected chi connectivity index (χ4v) is 7.67. The number of aromatic nitrogens is 3. The van der Waals surface area contributed by atoms with E-state index in [0.717, 1.165) is 22.8 Å². The lowest BCUT2D eigenvalue weighted by molar-refractivity contribution is -0.137. The van der Waals surface area contributed by atoms with Gasteiger partial charge in [0.05, 0.1) is 24.8 Å². The highest BCUT2D eigenvalue weighted by atomic mass is 19.4. The Morgan fingerprint density at radius 3 is 2.57 bits per heavy atom. The highest BCUT2D eigenvalue weighted by molar-refractivity contribution is 6.05. The zero-order valence-electron chi connectivity index (χ0n) is 31.6. The Bertz CT molecular complexity index is 2530. The molecule has 2 aromatic heterocycles. The van der Waals surface area contributed by atoms with E-state index in [1.165, 1.54) is 22.2 Å². The second-order valence-electron chi connectivity index (χ2n) is 14.6. The molecule has 2 saturated heterocycles. The predicted octanol–water partition coefficient (Wildman–Crippen LogP) is 5.62. The number of fused-ring (bicyclic) bond motifs is 2. The number of imidazole rings is 1. The standard InChI is InChI=1S/C42H38F3N9O4/c1-26-5-7-29(21-28(26)8-10-33-23-46-37-4-3-16-47-54(33)37)39(56)48-31-9-12-36(35(22-31)42(43,44)45)51-17-13-32(14-18-51)50(2)24-27-6-11-34-30(20-27)25-53(40(34)57)52-19-15-38(55)49-41(52)58/h3-7,9,11-12,16,20-23,32H,13-15,17-19,24-25H2,1-2H3,(H,48,56)(H,49,55,58). The second kappa shape index (κ2) is 15.3. The summed E-state index contributed by atoms with van der Waals surface area (Å²) < 4.78 is 45.2. The zero-order valence-corrected chi connectivity index (χ0v) is 31.6. The Labute approximate surface area is 331 Å². The van der Waals surface area contributed by atoms with Crippen LogP contribution in [0.25, 0.3) is 5.65 Å². The van der Waals surface area contributed by atoms with E-state index in [1.807, 2.05) is 26.1 Å². The lowest BCUT2D eigenvalue weighted by atomic mass is 10.00. The molecule has 0 radical (unpaired) electrons. The van der Waals surface area contributed by atoms with Gasteiger partial charge in [0.15, 0.2) is 5.65 Å². The number of nitrogens with zero attached hydrogens (tertiary/aromatic N) is 7. The van der Waals surface area contributed by atoms with Gasteiger partial charge in [0, 0.05) is 66.4 Å². The average Bonchev–Trinajstić information content (AvgIpc) is 3.77. The van der Waals surface area contributed by atoms with Gasteiger partial charge in [0.2, 0.25) is 5.91 Å². The molecule has 0 bridgehead atoms. The molecule has 2 fully saturated rings. The third-order valence-corrected chi connectivity index (χ3v) is 10.8. The van der Waals surface area contributed by atoms with Crippen molar-refractivity contribution in [3.05, 3.63) is 124 Å². The van der Waals surface area contributed by atoms with Gasteiger partial charge < -0.3 is 10.2 Å². The molecule has 3 aliphatic rings. The van der Waals surface area contributed by atoms with Gasteiger partial charge in [-0.1, -0.05) is 24.1 Å². The first-order chi connectivity index (χ1) is 27.8. The number of amides is 5. The molecule has 0 atom stereocenters. The van der Waals surface area contributed by atoms with E-state index in [9.17, 15) is 32.3 Å². The van der Waals surface area contributed by atoms with E-state index in [-0.39, 0.29) is 54.3 Å². The highest BCUT2D eigenvalue weighted by Gasteiger charge is 2.38. The van der Waals surface area contributed by atoms with Crippen LogP contribution in [0.2, 0.25) is 0 Å². The smallest absolute Gasteiger partial charge is 0.371 e. The van der Waals surface area contributed by atoms with E-state index in [2.05, 4.69) is 37.5 Å². The third kappa shape index (κ3) is 7.68. The number of imide groups is 1. The number of alkyl halides is 3. The number of aryl methyl sites for hydroxylation is 1. The summed E-state index contributed by atoms with van der Waals surface area (Å²) in [6, 6.07) is 17.5. The quantitative estimate of drug-likeness (QED) is 0.203. The number of hydrazine groups is 1. The molecular formula is C42H38F3N9O4. The number of rotatable bonds is 7. The summed E-state index contributed by atoms with van der Waals surface area (Å²) >= 11 is 0. The van der Waals surface area contributed by atoms with Crippen molar-refractivity contribution in [2.75, 3.05) is 36.9 Å². The van der Waals surface area contributed by atoms with Crippen molar-refractivity contribution in [1.82, 2.24) is 34.8 Å². The zero-order chi connectivity index (χ0) is 40.7. The summed E-state index contributed by atoms with van der Waals surface area (Å²) in [5.41, 5.74) is 4.35. The normalized spacial score (nSPS) is 16.1. The van der Waals surface area contributed by atoms with Crippen LogP contribution in [-0.2, 0) is 24.1 Å². The lowest BCUT2D eigenvalue weighted by Gasteiger charge is -2.39. The van der Waals surface area contributed by atoms with Crippen LogP contribution in [0.5, 0.6) is 0 Å². The van der Waals surface area contributed by atoms with Crippen molar-refractivity contribution in [3.8, 4) is 11.8 Å². The number of halogens is 3.